The lowest BCUT2D eigenvalue weighted by Crippen LogP contribution is -2.05. The highest BCUT2D eigenvalue weighted by molar-refractivity contribution is 5.44. The maximum atomic E-state index is 11.0. The van der Waals surface area contributed by atoms with E-state index in [1.165, 1.54) is 0 Å². The van der Waals surface area contributed by atoms with Gasteiger partial charge < -0.3 is 10.4 Å². The predicted octanol–water partition coefficient (Wildman–Crippen LogP) is -2.73. The average Bonchev–Trinajstić information content (AvgIpc) is 2.98. The van der Waals surface area contributed by atoms with Crippen LogP contribution in [0.5, 0.6) is 0 Å². The SMILES string of the molecule is [O-]n1nnnc1-c1nnc(-c2nnnn2[O-])nn1. The maximum absolute atomic E-state index is 11.0. The first-order valence-corrected chi connectivity index (χ1v) is 4.25. The van der Waals surface area contributed by atoms with Crippen LogP contribution in [0.2, 0.25) is 0 Å². The quantitative estimate of drug-likeness (QED) is 0.456. The Kier molecular flexibility index (Phi) is 1.98. The molecule has 3 rings (SSSR count). The summed E-state index contributed by atoms with van der Waals surface area (Å²) >= 11 is 0. The van der Waals surface area contributed by atoms with Gasteiger partial charge in [-0.05, 0) is 20.9 Å². The van der Waals surface area contributed by atoms with E-state index in [9.17, 15) is 10.4 Å². The molecular formula is C4N12O2-2. The van der Waals surface area contributed by atoms with Gasteiger partial charge in [0.05, 0.1) is 0 Å². The van der Waals surface area contributed by atoms with E-state index in [4.69, 9.17) is 0 Å². The second-order valence-electron chi connectivity index (χ2n) is 2.80. The molecule has 0 N–H and O–H groups in total. The number of hydrogen-bond acceptors (Lipinski definition) is 12. The summed E-state index contributed by atoms with van der Waals surface area (Å²) in [6.07, 6.45) is 0. The van der Waals surface area contributed by atoms with Crippen molar-refractivity contribution in [1.82, 2.24) is 61.1 Å². The van der Waals surface area contributed by atoms with Gasteiger partial charge in [-0.15, -0.1) is 30.6 Å². The summed E-state index contributed by atoms with van der Waals surface area (Å²) < 4.78 is 0. The minimum absolute atomic E-state index is 0.107. The zero-order valence-corrected chi connectivity index (χ0v) is 8.18. The van der Waals surface area contributed by atoms with Gasteiger partial charge in [-0.3, -0.25) is 9.69 Å². The summed E-state index contributed by atoms with van der Waals surface area (Å²) in [7, 11) is 0. The normalized spacial score (nSPS) is 10.7. The minimum Gasteiger partial charge on any atom is -0.787 e. The first-order chi connectivity index (χ1) is 8.75. The van der Waals surface area contributed by atoms with Crippen molar-refractivity contribution in [2.45, 2.75) is 0 Å². The molecule has 0 aliphatic heterocycles. The smallest absolute Gasteiger partial charge is 0.242 e. The third kappa shape index (κ3) is 1.44. The molecule has 0 radical (unpaired) electrons. The Hall–Kier alpha value is -3.32. The Bertz CT molecular complexity index is 610. The number of rotatable bonds is 2. The second-order valence-corrected chi connectivity index (χ2v) is 2.80. The van der Waals surface area contributed by atoms with Crippen LogP contribution in [0.25, 0.3) is 23.3 Å². The van der Waals surface area contributed by atoms with Crippen LogP contribution in [-0.4, -0.2) is 61.1 Å². The number of hydrogen-bond donors (Lipinski definition) is 0. The highest BCUT2D eigenvalue weighted by Crippen LogP contribution is 2.09. The largest absolute Gasteiger partial charge is 0.787 e. The van der Waals surface area contributed by atoms with Crippen LogP contribution in [0.4, 0.5) is 0 Å². The molecule has 0 aliphatic carbocycles. The summed E-state index contributed by atoms with van der Waals surface area (Å²) in [6.45, 7) is 0. The van der Waals surface area contributed by atoms with Crippen LogP contribution in [0.15, 0.2) is 0 Å². The van der Waals surface area contributed by atoms with Crippen molar-refractivity contribution in [1.29, 1.82) is 0 Å². The van der Waals surface area contributed by atoms with Crippen molar-refractivity contribution in [3.8, 4) is 23.3 Å². The van der Waals surface area contributed by atoms with Gasteiger partial charge in [0.2, 0.25) is 23.3 Å². The molecule has 3 aromatic rings. The third-order valence-corrected chi connectivity index (χ3v) is 1.76. The Morgan fingerprint density at radius 3 is 1.28 bits per heavy atom. The highest BCUT2D eigenvalue weighted by atomic mass is 16.5. The summed E-state index contributed by atoms with van der Waals surface area (Å²) in [5.41, 5.74) is 0. The Labute approximate surface area is 95.8 Å². The fourth-order valence-electron chi connectivity index (χ4n) is 1.03. The first-order valence-electron chi connectivity index (χ1n) is 4.25. The summed E-state index contributed by atoms with van der Waals surface area (Å²) in [6, 6.07) is 0. The van der Waals surface area contributed by atoms with Crippen molar-refractivity contribution in [2.75, 3.05) is 0 Å². The standard InChI is InChI=1S/C4N12O2/c17-15-3(9-11-13-15)1-5-7-2(8-6-1)4-10-12-14-16(4)18/q-2. The van der Waals surface area contributed by atoms with Crippen LogP contribution in [0, 0.1) is 10.4 Å². The second kappa shape index (κ2) is 3.61. The van der Waals surface area contributed by atoms with Crippen molar-refractivity contribution in [3.05, 3.63) is 10.4 Å². The molecule has 0 atom stereocenters. The topological polar surface area (TPSA) is 185 Å². The van der Waals surface area contributed by atoms with Crippen LogP contribution in [0.3, 0.4) is 0 Å². The summed E-state index contributed by atoms with van der Waals surface area (Å²) in [5.74, 6) is -0.904. The van der Waals surface area contributed by atoms with E-state index in [2.05, 4.69) is 51.4 Å². The Morgan fingerprint density at radius 1 is 0.611 bits per heavy atom. The molecule has 0 saturated heterocycles. The van der Waals surface area contributed by atoms with E-state index < -0.39 is 0 Å². The third-order valence-electron chi connectivity index (χ3n) is 1.76. The molecule has 0 unspecified atom stereocenters. The number of nitrogens with zero attached hydrogens (tertiary/aromatic N) is 12. The molecular weight excluding hydrogens is 248 g/mol. The number of tetrazole rings is 2. The van der Waals surface area contributed by atoms with E-state index in [1.54, 1.807) is 0 Å². The molecule has 3 heterocycles. The lowest BCUT2D eigenvalue weighted by Gasteiger charge is -2.05. The predicted molar refractivity (Wildman–Crippen MR) is 48.8 cm³/mol. The van der Waals surface area contributed by atoms with E-state index in [0.717, 1.165) is 0 Å². The first kappa shape index (κ1) is 9.87. The van der Waals surface area contributed by atoms with Gasteiger partial charge in [0.1, 0.15) is 0 Å². The van der Waals surface area contributed by atoms with E-state index in [-0.39, 0.29) is 33.0 Å². The molecule has 0 aromatic carbocycles. The molecule has 0 amide bonds. The fraction of sp³-hybridized carbons (Fsp3) is 0. The summed E-state index contributed by atoms with van der Waals surface area (Å²) in [5, 5.41) is 55.4. The molecule has 18 heavy (non-hydrogen) atoms. The van der Waals surface area contributed by atoms with Crippen LogP contribution >= 0.6 is 0 Å². The van der Waals surface area contributed by atoms with Gasteiger partial charge in [-0.25, -0.2) is 0 Å². The molecule has 0 bridgehead atoms. The van der Waals surface area contributed by atoms with E-state index in [1.807, 2.05) is 0 Å². The van der Waals surface area contributed by atoms with Crippen LogP contribution in [0.1, 0.15) is 0 Å². The highest BCUT2D eigenvalue weighted by Gasteiger charge is 2.13. The van der Waals surface area contributed by atoms with Gasteiger partial charge in [0, 0.05) is 0 Å². The summed E-state index contributed by atoms with van der Waals surface area (Å²) in [4.78, 5) is 0.214. The molecule has 3 aromatic heterocycles. The van der Waals surface area contributed by atoms with Crippen molar-refractivity contribution >= 4 is 0 Å². The van der Waals surface area contributed by atoms with E-state index >= 15 is 0 Å². The average molecular weight is 248 g/mol. The van der Waals surface area contributed by atoms with Gasteiger partial charge in [-0.2, -0.15) is 0 Å². The lowest BCUT2D eigenvalue weighted by atomic mass is 10.6. The van der Waals surface area contributed by atoms with Crippen molar-refractivity contribution in [3.63, 3.8) is 0 Å². The number of aromatic nitrogens is 12. The molecule has 14 nitrogen and oxygen atoms in total. The van der Waals surface area contributed by atoms with Crippen LogP contribution < -0.4 is 0 Å². The Balaban J connectivity index is 2.00. The Morgan fingerprint density at radius 2 is 1.00 bits per heavy atom. The molecule has 14 heteroatoms. The van der Waals surface area contributed by atoms with Gasteiger partial charge in [0.15, 0.2) is 0 Å². The zero-order chi connectivity index (χ0) is 12.5. The monoisotopic (exact) mass is 248 g/mol. The molecule has 90 valence electrons. The maximum Gasteiger partial charge on any atom is 0.242 e. The molecule has 0 spiro atoms. The van der Waals surface area contributed by atoms with Crippen LogP contribution in [-0.2, 0) is 0 Å². The molecule has 0 saturated carbocycles. The van der Waals surface area contributed by atoms with Crippen molar-refractivity contribution < 1.29 is 0 Å². The lowest BCUT2D eigenvalue weighted by molar-refractivity contribution is 0.779. The van der Waals surface area contributed by atoms with Crippen molar-refractivity contribution in [2.24, 2.45) is 0 Å². The van der Waals surface area contributed by atoms with E-state index in [0.29, 0.717) is 0 Å². The zero-order valence-electron chi connectivity index (χ0n) is 8.18. The van der Waals surface area contributed by atoms with Gasteiger partial charge >= 0.3 is 0 Å². The molecule has 0 fully saturated rings. The van der Waals surface area contributed by atoms with Gasteiger partial charge in [0.25, 0.3) is 0 Å². The fourth-order valence-corrected chi connectivity index (χ4v) is 1.03. The minimum atomic E-state index is -0.261. The van der Waals surface area contributed by atoms with Gasteiger partial charge in [-0.1, -0.05) is 0 Å². The molecule has 0 aliphatic rings.